The van der Waals surface area contributed by atoms with Crippen molar-refractivity contribution in [2.75, 3.05) is 5.32 Å². The predicted molar refractivity (Wildman–Crippen MR) is 87.6 cm³/mol. The molecule has 0 aliphatic carbocycles. The lowest BCUT2D eigenvalue weighted by Gasteiger charge is -2.17. The average Bonchev–Trinajstić information content (AvgIpc) is 2.52. The Balaban J connectivity index is 2.46. The van der Waals surface area contributed by atoms with Crippen LogP contribution < -0.4 is 5.32 Å². The van der Waals surface area contributed by atoms with E-state index in [0.29, 0.717) is 17.3 Å². The van der Waals surface area contributed by atoms with Crippen LogP contribution in [-0.4, -0.2) is 27.0 Å². The smallest absolute Gasteiger partial charge is 0.326 e. The summed E-state index contributed by atoms with van der Waals surface area (Å²) >= 11 is 0. The van der Waals surface area contributed by atoms with Crippen LogP contribution in [0.15, 0.2) is 24.3 Å². The molecular weight excluding hydrogens is 312 g/mol. The van der Waals surface area contributed by atoms with Gasteiger partial charge in [0.15, 0.2) is 0 Å². The van der Waals surface area contributed by atoms with E-state index >= 15 is 0 Å². The highest BCUT2D eigenvalue weighted by atomic mass is 16.6. The number of aliphatic carboxylic acids is 1. The third-order valence-electron chi connectivity index (χ3n) is 3.45. The van der Waals surface area contributed by atoms with Gasteiger partial charge in [0.25, 0.3) is 5.69 Å². The molecule has 0 amide bonds. The minimum atomic E-state index is -1.01. The molecule has 0 saturated heterocycles. The van der Waals surface area contributed by atoms with Crippen molar-refractivity contribution in [3.8, 4) is 6.07 Å². The zero-order valence-electron chi connectivity index (χ0n) is 13.2. The predicted octanol–water partition coefficient (Wildman–Crippen LogP) is 2.93. The zero-order valence-corrected chi connectivity index (χ0v) is 13.2. The first-order chi connectivity index (χ1) is 11.3. The van der Waals surface area contributed by atoms with Gasteiger partial charge in [0, 0.05) is 17.5 Å². The molecule has 2 aromatic rings. The Morgan fingerprint density at radius 1 is 1.46 bits per heavy atom. The van der Waals surface area contributed by atoms with Crippen LogP contribution in [0.5, 0.6) is 0 Å². The minimum Gasteiger partial charge on any atom is -0.480 e. The molecule has 8 heteroatoms. The molecule has 1 atom stereocenters. The number of non-ortho nitro benzene ring substituents is 1. The lowest BCUT2D eigenvalue weighted by atomic mass is 10.0. The summed E-state index contributed by atoms with van der Waals surface area (Å²) in [6.07, 6.45) is 0.400. The van der Waals surface area contributed by atoms with E-state index < -0.39 is 16.9 Å². The molecule has 8 nitrogen and oxygen atoms in total. The van der Waals surface area contributed by atoms with Gasteiger partial charge >= 0.3 is 5.97 Å². The van der Waals surface area contributed by atoms with Gasteiger partial charge in [0.1, 0.15) is 11.9 Å². The Morgan fingerprint density at radius 2 is 2.17 bits per heavy atom. The van der Waals surface area contributed by atoms with Gasteiger partial charge in [0.2, 0.25) is 0 Å². The highest BCUT2D eigenvalue weighted by Gasteiger charge is 2.20. The molecule has 0 aliphatic heterocycles. The first-order valence-electron chi connectivity index (χ1n) is 7.30. The van der Waals surface area contributed by atoms with Crippen LogP contribution in [-0.2, 0) is 4.79 Å². The number of carboxylic acid groups (broad SMARTS) is 1. The molecule has 1 heterocycles. The molecule has 0 bridgehead atoms. The van der Waals surface area contributed by atoms with Gasteiger partial charge in [-0.1, -0.05) is 13.8 Å². The van der Waals surface area contributed by atoms with Crippen molar-refractivity contribution in [2.24, 2.45) is 5.92 Å². The summed E-state index contributed by atoms with van der Waals surface area (Å²) in [5.74, 6) is -0.592. The summed E-state index contributed by atoms with van der Waals surface area (Å²) in [4.78, 5) is 25.9. The number of rotatable bonds is 6. The van der Waals surface area contributed by atoms with E-state index in [0.717, 1.165) is 0 Å². The number of anilines is 1. The van der Waals surface area contributed by atoms with Crippen LogP contribution in [0.3, 0.4) is 0 Å². The molecular formula is C16H16N4O4. The summed E-state index contributed by atoms with van der Waals surface area (Å²) in [6.45, 7) is 3.82. The summed E-state index contributed by atoms with van der Waals surface area (Å²) < 4.78 is 0. The van der Waals surface area contributed by atoms with Crippen molar-refractivity contribution >= 4 is 28.4 Å². The van der Waals surface area contributed by atoms with E-state index in [4.69, 9.17) is 0 Å². The van der Waals surface area contributed by atoms with E-state index in [9.17, 15) is 25.3 Å². The molecule has 2 N–H and O–H groups in total. The van der Waals surface area contributed by atoms with Crippen LogP contribution in [0, 0.1) is 27.4 Å². The normalized spacial score (nSPS) is 11.9. The first-order valence-corrected chi connectivity index (χ1v) is 7.30. The molecule has 2 rings (SSSR count). The number of aromatic nitrogens is 1. The SMILES string of the molecule is CC(C)C[C@@H](Nc1cc(C#N)c2cc([N+](=O)[O-])ccc2n1)C(=O)O. The molecule has 0 radical (unpaired) electrons. The maximum Gasteiger partial charge on any atom is 0.326 e. The molecule has 0 unspecified atom stereocenters. The van der Waals surface area contributed by atoms with Crippen molar-refractivity contribution < 1.29 is 14.8 Å². The number of nitro groups is 1. The Morgan fingerprint density at radius 3 is 2.71 bits per heavy atom. The number of pyridine rings is 1. The van der Waals surface area contributed by atoms with Crippen LogP contribution in [0.1, 0.15) is 25.8 Å². The number of nitriles is 1. The van der Waals surface area contributed by atoms with Crippen LogP contribution in [0.4, 0.5) is 11.5 Å². The number of benzene rings is 1. The van der Waals surface area contributed by atoms with Crippen LogP contribution in [0.2, 0.25) is 0 Å². The van der Waals surface area contributed by atoms with E-state index in [1.807, 2.05) is 19.9 Å². The van der Waals surface area contributed by atoms with Crippen molar-refractivity contribution in [1.29, 1.82) is 5.26 Å². The number of hydrogen-bond acceptors (Lipinski definition) is 6. The van der Waals surface area contributed by atoms with E-state index in [2.05, 4.69) is 10.3 Å². The minimum absolute atomic E-state index is 0.135. The topological polar surface area (TPSA) is 129 Å². The number of nitrogens with one attached hydrogen (secondary N) is 1. The van der Waals surface area contributed by atoms with Gasteiger partial charge in [-0.3, -0.25) is 10.1 Å². The van der Waals surface area contributed by atoms with Crippen LogP contribution in [0.25, 0.3) is 10.9 Å². The second-order valence-corrected chi connectivity index (χ2v) is 5.79. The third-order valence-corrected chi connectivity index (χ3v) is 3.45. The molecule has 0 saturated carbocycles. The summed E-state index contributed by atoms with van der Waals surface area (Å²) in [7, 11) is 0. The van der Waals surface area contributed by atoms with Gasteiger partial charge in [-0.15, -0.1) is 0 Å². The number of fused-ring (bicyclic) bond motifs is 1. The molecule has 1 aromatic heterocycles. The Hall–Kier alpha value is -3.21. The first kappa shape index (κ1) is 17.1. The molecule has 24 heavy (non-hydrogen) atoms. The van der Waals surface area contributed by atoms with Gasteiger partial charge < -0.3 is 10.4 Å². The maximum atomic E-state index is 11.3. The fourth-order valence-electron chi connectivity index (χ4n) is 2.37. The monoisotopic (exact) mass is 328 g/mol. The Kier molecular flexibility index (Phi) is 4.94. The number of nitro benzene ring substituents is 1. The fraction of sp³-hybridized carbons (Fsp3) is 0.312. The molecule has 1 aromatic carbocycles. The lowest BCUT2D eigenvalue weighted by molar-refractivity contribution is -0.384. The highest BCUT2D eigenvalue weighted by molar-refractivity contribution is 5.88. The van der Waals surface area contributed by atoms with Gasteiger partial charge in [0.05, 0.1) is 22.1 Å². The Labute approximate surface area is 137 Å². The molecule has 0 aliphatic rings. The standard InChI is InChI=1S/C16H16N4O4/c1-9(2)5-14(16(21)22)19-15-6-10(8-17)12-7-11(20(23)24)3-4-13(12)18-15/h3-4,6-7,9,14H,5H2,1-2H3,(H,18,19)(H,21,22)/t14-/m1/s1. The number of carboxylic acids is 1. The second kappa shape index (κ2) is 6.91. The third kappa shape index (κ3) is 3.76. The maximum absolute atomic E-state index is 11.3. The van der Waals surface area contributed by atoms with Crippen LogP contribution >= 0.6 is 0 Å². The van der Waals surface area contributed by atoms with E-state index in [1.165, 1.54) is 24.3 Å². The molecule has 0 fully saturated rings. The Bertz CT molecular complexity index is 842. The number of carbonyl (C=O) groups is 1. The zero-order chi connectivity index (χ0) is 17.9. The lowest BCUT2D eigenvalue weighted by Crippen LogP contribution is -2.31. The van der Waals surface area contributed by atoms with Crippen molar-refractivity contribution in [1.82, 2.24) is 4.98 Å². The molecule has 0 spiro atoms. The summed E-state index contributed by atoms with van der Waals surface area (Å²) in [5.41, 5.74) is 0.445. The van der Waals surface area contributed by atoms with E-state index in [1.54, 1.807) is 0 Å². The van der Waals surface area contributed by atoms with Crippen molar-refractivity contribution in [3.05, 3.63) is 39.9 Å². The number of hydrogen-bond donors (Lipinski definition) is 2. The summed E-state index contributed by atoms with van der Waals surface area (Å²) in [6, 6.07) is 6.56. The second-order valence-electron chi connectivity index (χ2n) is 5.79. The average molecular weight is 328 g/mol. The van der Waals surface area contributed by atoms with Crippen molar-refractivity contribution in [3.63, 3.8) is 0 Å². The molecule has 124 valence electrons. The van der Waals surface area contributed by atoms with E-state index in [-0.39, 0.29) is 23.0 Å². The fourth-order valence-corrected chi connectivity index (χ4v) is 2.37. The highest BCUT2D eigenvalue weighted by Crippen LogP contribution is 2.25. The largest absolute Gasteiger partial charge is 0.480 e. The van der Waals surface area contributed by atoms with Gasteiger partial charge in [-0.2, -0.15) is 5.26 Å². The van der Waals surface area contributed by atoms with Crippen molar-refractivity contribution in [2.45, 2.75) is 26.3 Å². The van der Waals surface area contributed by atoms with Gasteiger partial charge in [-0.05, 0) is 24.5 Å². The summed E-state index contributed by atoms with van der Waals surface area (Å²) in [5, 5.41) is 32.6. The number of nitrogens with zero attached hydrogens (tertiary/aromatic N) is 3. The van der Waals surface area contributed by atoms with Gasteiger partial charge in [-0.25, -0.2) is 9.78 Å². The quantitative estimate of drug-likeness (QED) is 0.616.